The van der Waals surface area contributed by atoms with Crippen molar-refractivity contribution in [3.05, 3.63) is 40.9 Å². The molecule has 3 heteroatoms. The molecular formula is C14H20ClNO. The zero-order valence-corrected chi connectivity index (χ0v) is 11.4. The van der Waals surface area contributed by atoms with Gasteiger partial charge in [-0.05, 0) is 24.6 Å². The van der Waals surface area contributed by atoms with Crippen LogP contribution in [-0.4, -0.2) is 12.6 Å². The van der Waals surface area contributed by atoms with E-state index in [1.807, 2.05) is 37.3 Å². The van der Waals surface area contributed by atoms with Gasteiger partial charge in [0, 0.05) is 12.6 Å². The number of allylic oxidation sites excluding steroid dienone is 1. The Kier molecular flexibility index (Phi) is 6.09. The van der Waals surface area contributed by atoms with Crippen molar-refractivity contribution < 1.29 is 4.74 Å². The van der Waals surface area contributed by atoms with Crippen molar-refractivity contribution in [2.24, 2.45) is 0 Å². The summed E-state index contributed by atoms with van der Waals surface area (Å²) in [5.74, 6) is 0.734. The fraction of sp³-hybridized carbons (Fsp3) is 0.429. The van der Waals surface area contributed by atoms with E-state index in [2.05, 4.69) is 19.2 Å². The van der Waals surface area contributed by atoms with Crippen LogP contribution in [0.3, 0.4) is 0 Å². The Morgan fingerprint density at radius 1 is 1.41 bits per heavy atom. The van der Waals surface area contributed by atoms with Crippen LogP contribution in [0.1, 0.15) is 26.3 Å². The summed E-state index contributed by atoms with van der Waals surface area (Å²) >= 11 is 6.15. The minimum Gasteiger partial charge on any atom is -0.488 e. The predicted octanol–water partition coefficient (Wildman–Crippen LogP) is 3.79. The van der Waals surface area contributed by atoms with Crippen LogP contribution in [0, 0.1) is 0 Å². The maximum Gasteiger partial charge on any atom is 0.138 e. The van der Waals surface area contributed by atoms with Gasteiger partial charge < -0.3 is 10.1 Å². The minimum atomic E-state index is 0.472. The standard InChI is InChI=1S/C14H20ClNO/c1-4-5-8-17-14-7-6-12(9-13(14)15)10-16-11(2)3/h4-7,9,11,16H,8,10H2,1-3H3. The van der Waals surface area contributed by atoms with Gasteiger partial charge in [-0.15, -0.1) is 0 Å². The van der Waals surface area contributed by atoms with Crippen LogP contribution in [0.2, 0.25) is 5.02 Å². The Morgan fingerprint density at radius 2 is 2.18 bits per heavy atom. The third-order valence-electron chi connectivity index (χ3n) is 2.28. The van der Waals surface area contributed by atoms with Crippen LogP contribution >= 0.6 is 11.6 Å². The van der Waals surface area contributed by atoms with Crippen LogP contribution in [0.15, 0.2) is 30.4 Å². The molecule has 2 nitrogen and oxygen atoms in total. The summed E-state index contributed by atoms with van der Waals surface area (Å²) in [7, 11) is 0. The molecule has 0 fully saturated rings. The number of halogens is 1. The van der Waals surface area contributed by atoms with Gasteiger partial charge >= 0.3 is 0 Å². The van der Waals surface area contributed by atoms with Crippen molar-refractivity contribution in [2.45, 2.75) is 33.4 Å². The highest BCUT2D eigenvalue weighted by molar-refractivity contribution is 6.32. The molecule has 0 saturated heterocycles. The van der Waals surface area contributed by atoms with E-state index in [-0.39, 0.29) is 0 Å². The maximum atomic E-state index is 6.15. The third kappa shape index (κ3) is 5.24. The number of rotatable bonds is 6. The second-order valence-electron chi connectivity index (χ2n) is 4.18. The smallest absolute Gasteiger partial charge is 0.138 e. The van der Waals surface area contributed by atoms with E-state index in [9.17, 15) is 0 Å². The first kappa shape index (κ1) is 14.1. The third-order valence-corrected chi connectivity index (χ3v) is 2.58. The number of hydrogen-bond donors (Lipinski definition) is 1. The SMILES string of the molecule is CC=CCOc1ccc(CNC(C)C)cc1Cl. The highest BCUT2D eigenvalue weighted by atomic mass is 35.5. The lowest BCUT2D eigenvalue weighted by Crippen LogP contribution is -2.21. The first-order valence-electron chi connectivity index (χ1n) is 5.89. The van der Waals surface area contributed by atoms with Gasteiger partial charge in [-0.3, -0.25) is 0 Å². The largest absolute Gasteiger partial charge is 0.488 e. The Bertz CT molecular complexity index is 374. The molecule has 0 aliphatic heterocycles. The summed E-state index contributed by atoms with van der Waals surface area (Å²) < 4.78 is 5.52. The molecule has 1 rings (SSSR count). The Labute approximate surface area is 109 Å². The maximum absolute atomic E-state index is 6.15. The van der Waals surface area contributed by atoms with E-state index in [4.69, 9.17) is 16.3 Å². The van der Waals surface area contributed by atoms with Gasteiger partial charge in [0.15, 0.2) is 0 Å². The number of benzene rings is 1. The van der Waals surface area contributed by atoms with Crippen molar-refractivity contribution in [3.8, 4) is 5.75 Å². The lowest BCUT2D eigenvalue weighted by molar-refractivity contribution is 0.363. The molecular weight excluding hydrogens is 234 g/mol. The first-order chi connectivity index (χ1) is 8.13. The lowest BCUT2D eigenvalue weighted by Gasteiger charge is -2.10. The second-order valence-corrected chi connectivity index (χ2v) is 4.59. The lowest BCUT2D eigenvalue weighted by atomic mass is 10.2. The molecule has 0 unspecified atom stereocenters. The molecule has 0 spiro atoms. The Morgan fingerprint density at radius 3 is 2.76 bits per heavy atom. The number of nitrogens with one attached hydrogen (secondary N) is 1. The summed E-state index contributed by atoms with van der Waals surface area (Å²) in [5.41, 5.74) is 1.17. The molecule has 1 aromatic rings. The van der Waals surface area contributed by atoms with Crippen molar-refractivity contribution in [1.82, 2.24) is 5.32 Å². The van der Waals surface area contributed by atoms with Crippen molar-refractivity contribution in [2.75, 3.05) is 6.61 Å². The monoisotopic (exact) mass is 253 g/mol. The minimum absolute atomic E-state index is 0.472. The van der Waals surface area contributed by atoms with E-state index >= 15 is 0 Å². The molecule has 0 aromatic heterocycles. The van der Waals surface area contributed by atoms with Gasteiger partial charge in [-0.1, -0.05) is 43.7 Å². The van der Waals surface area contributed by atoms with Gasteiger partial charge in [0.2, 0.25) is 0 Å². The average Bonchev–Trinajstić information content (AvgIpc) is 2.29. The molecule has 0 aliphatic carbocycles. The van der Waals surface area contributed by atoms with Gasteiger partial charge in [0.1, 0.15) is 12.4 Å². The molecule has 0 amide bonds. The van der Waals surface area contributed by atoms with Crippen LogP contribution < -0.4 is 10.1 Å². The molecule has 0 aliphatic rings. The quantitative estimate of drug-likeness (QED) is 0.779. The van der Waals surface area contributed by atoms with Gasteiger partial charge in [0.05, 0.1) is 5.02 Å². The predicted molar refractivity (Wildman–Crippen MR) is 73.7 cm³/mol. The van der Waals surface area contributed by atoms with Crippen LogP contribution in [-0.2, 0) is 6.54 Å². The highest BCUT2D eigenvalue weighted by Crippen LogP contribution is 2.25. The zero-order chi connectivity index (χ0) is 12.7. The van der Waals surface area contributed by atoms with Crippen molar-refractivity contribution in [3.63, 3.8) is 0 Å². The number of hydrogen-bond acceptors (Lipinski definition) is 2. The molecule has 0 bridgehead atoms. The second kappa shape index (κ2) is 7.36. The molecule has 0 saturated carbocycles. The Balaban J connectivity index is 2.59. The van der Waals surface area contributed by atoms with E-state index in [1.54, 1.807) is 0 Å². The fourth-order valence-corrected chi connectivity index (χ4v) is 1.59. The van der Waals surface area contributed by atoms with Crippen LogP contribution in [0.4, 0.5) is 0 Å². The van der Waals surface area contributed by atoms with Gasteiger partial charge in [0.25, 0.3) is 0 Å². The summed E-state index contributed by atoms with van der Waals surface area (Å²) in [6.45, 7) is 7.59. The Hall–Kier alpha value is -0.990. The molecule has 1 aromatic carbocycles. The topological polar surface area (TPSA) is 21.3 Å². The van der Waals surface area contributed by atoms with Crippen molar-refractivity contribution >= 4 is 11.6 Å². The molecule has 0 radical (unpaired) electrons. The summed E-state index contributed by atoms with van der Waals surface area (Å²) in [6, 6.07) is 6.37. The van der Waals surface area contributed by atoms with E-state index < -0.39 is 0 Å². The van der Waals surface area contributed by atoms with E-state index in [0.717, 1.165) is 12.3 Å². The van der Waals surface area contributed by atoms with Crippen LogP contribution in [0.25, 0.3) is 0 Å². The average molecular weight is 254 g/mol. The molecule has 17 heavy (non-hydrogen) atoms. The molecule has 1 N–H and O–H groups in total. The van der Waals surface area contributed by atoms with Crippen LogP contribution in [0.5, 0.6) is 5.75 Å². The van der Waals surface area contributed by atoms with Gasteiger partial charge in [-0.25, -0.2) is 0 Å². The normalized spacial score (nSPS) is 11.4. The molecule has 0 heterocycles. The number of ether oxygens (including phenoxy) is 1. The summed E-state index contributed by atoms with van der Waals surface area (Å²) in [6.07, 6.45) is 3.90. The zero-order valence-electron chi connectivity index (χ0n) is 10.7. The fourth-order valence-electron chi connectivity index (χ4n) is 1.33. The highest BCUT2D eigenvalue weighted by Gasteiger charge is 2.03. The van der Waals surface area contributed by atoms with E-state index in [0.29, 0.717) is 17.7 Å². The molecule has 94 valence electrons. The molecule has 0 atom stereocenters. The summed E-state index contributed by atoms with van der Waals surface area (Å²) in [5, 5.41) is 4.01. The van der Waals surface area contributed by atoms with E-state index in [1.165, 1.54) is 5.56 Å². The van der Waals surface area contributed by atoms with Gasteiger partial charge in [-0.2, -0.15) is 0 Å². The summed E-state index contributed by atoms with van der Waals surface area (Å²) in [4.78, 5) is 0. The first-order valence-corrected chi connectivity index (χ1v) is 6.27. The van der Waals surface area contributed by atoms with Crippen molar-refractivity contribution in [1.29, 1.82) is 0 Å².